The van der Waals surface area contributed by atoms with E-state index in [1.54, 1.807) is 6.92 Å². The quantitative estimate of drug-likeness (QED) is 0.629. The van der Waals surface area contributed by atoms with Crippen molar-refractivity contribution in [3.63, 3.8) is 0 Å². The number of carbonyl (C=O) groups is 1. The molecule has 0 fully saturated rings. The lowest BCUT2D eigenvalue weighted by Gasteiger charge is -2.06. The largest absolute Gasteiger partial charge is 0.462 e. The predicted octanol–water partition coefficient (Wildman–Crippen LogP) is 3.14. The van der Waals surface area contributed by atoms with E-state index in [1.807, 2.05) is 31.2 Å². The van der Waals surface area contributed by atoms with Crippen LogP contribution in [0.4, 0.5) is 0 Å². The molecule has 86 valence electrons. The lowest BCUT2D eigenvalue weighted by molar-refractivity contribution is -0.134. The van der Waals surface area contributed by atoms with Gasteiger partial charge in [0.15, 0.2) is 0 Å². The van der Waals surface area contributed by atoms with Gasteiger partial charge in [-0.2, -0.15) is 0 Å². The summed E-state index contributed by atoms with van der Waals surface area (Å²) in [6.07, 6.45) is 1.23. The number of aliphatic imine (C=N–C) groups is 1. The molecule has 0 N–H and O–H groups in total. The Morgan fingerprint density at radius 2 is 2.12 bits per heavy atom. The van der Waals surface area contributed by atoms with Crippen molar-refractivity contribution in [3.8, 4) is 0 Å². The van der Waals surface area contributed by atoms with Gasteiger partial charge in [-0.15, -0.1) is 0 Å². The normalized spacial score (nSPS) is 12.7. The van der Waals surface area contributed by atoms with E-state index in [0.717, 1.165) is 10.0 Å². The molecular formula is C12H14BrNO2. The number of hydrogen-bond acceptors (Lipinski definition) is 3. The number of rotatable bonds is 4. The van der Waals surface area contributed by atoms with Crippen LogP contribution < -0.4 is 0 Å². The molecule has 1 rings (SSSR count). The molecule has 16 heavy (non-hydrogen) atoms. The maximum Gasteiger partial charge on any atom is 0.348 e. The molecule has 1 aromatic carbocycles. The van der Waals surface area contributed by atoms with E-state index in [-0.39, 0.29) is 6.04 Å². The minimum Gasteiger partial charge on any atom is -0.462 e. The fourth-order valence-corrected chi connectivity index (χ4v) is 1.44. The van der Waals surface area contributed by atoms with E-state index in [2.05, 4.69) is 20.9 Å². The Balaban J connectivity index is 2.61. The SMILES string of the molecule is CCOC(=O)C=NC(C)c1ccc(Br)cc1. The van der Waals surface area contributed by atoms with Gasteiger partial charge in [0.05, 0.1) is 12.6 Å². The van der Waals surface area contributed by atoms with Gasteiger partial charge < -0.3 is 4.74 Å². The highest BCUT2D eigenvalue weighted by Gasteiger charge is 2.03. The lowest BCUT2D eigenvalue weighted by atomic mass is 10.1. The summed E-state index contributed by atoms with van der Waals surface area (Å²) in [7, 11) is 0. The van der Waals surface area contributed by atoms with Crippen LogP contribution in [0, 0.1) is 0 Å². The molecule has 0 amide bonds. The summed E-state index contributed by atoms with van der Waals surface area (Å²) in [5, 5.41) is 0. The molecule has 1 unspecified atom stereocenters. The van der Waals surface area contributed by atoms with Gasteiger partial charge in [-0.25, -0.2) is 4.79 Å². The fourth-order valence-electron chi connectivity index (χ4n) is 1.18. The molecule has 3 nitrogen and oxygen atoms in total. The first-order valence-corrected chi connectivity index (χ1v) is 5.88. The van der Waals surface area contributed by atoms with E-state index >= 15 is 0 Å². The zero-order valence-corrected chi connectivity index (χ0v) is 10.9. The second-order valence-corrected chi connectivity index (χ2v) is 4.17. The van der Waals surface area contributed by atoms with Crippen molar-refractivity contribution in [1.29, 1.82) is 0 Å². The second kappa shape index (κ2) is 6.43. The van der Waals surface area contributed by atoms with E-state index < -0.39 is 5.97 Å². The molecule has 1 atom stereocenters. The Hall–Kier alpha value is -1.16. The molecule has 0 heterocycles. The summed E-state index contributed by atoms with van der Waals surface area (Å²) in [4.78, 5) is 15.2. The van der Waals surface area contributed by atoms with Crippen LogP contribution in [-0.2, 0) is 9.53 Å². The van der Waals surface area contributed by atoms with Gasteiger partial charge in [-0.05, 0) is 31.5 Å². The first kappa shape index (κ1) is 12.9. The molecular weight excluding hydrogens is 270 g/mol. The number of hydrogen-bond donors (Lipinski definition) is 0. The van der Waals surface area contributed by atoms with Gasteiger partial charge >= 0.3 is 5.97 Å². The van der Waals surface area contributed by atoms with E-state index in [1.165, 1.54) is 6.21 Å². The van der Waals surface area contributed by atoms with Crippen LogP contribution in [0.5, 0.6) is 0 Å². The smallest absolute Gasteiger partial charge is 0.348 e. The van der Waals surface area contributed by atoms with Crippen molar-refractivity contribution in [3.05, 3.63) is 34.3 Å². The third-order valence-electron chi connectivity index (χ3n) is 2.04. The van der Waals surface area contributed by atoms with Gasteiger partial charge in [0, 0.05) is 4.47 Å². The molecule has 0 radical (unpaired) electrons. The maximum absolute atomic E-state index is 11.1. The Morgan fingerprint density at radius 3 is 2.69 bits per heavy atom. The van der Waals surface area contributed by atoms with Crippen LogP contribution in [0.3, 0.4) is 0 Å². The molecule has 0 aliphatic carbocycles. The lowest BCUT2D eigenvalue weighted by Crippen LogP contribution is -2.05. The zero-order chi connectivity index (χ0) is 12.0. The van der Waals surface area contributed by atoms with E-state index in [0.29, 0.717) is 6.61 Å². The first-order chi connectivity index (χ1) is 7.63. The Bertz CT molecular complexity index is 373. The monoisotopic (exact) mass is 283 g/mol. The molecule has 0 aliphatic heterocycles. The van der Waals surface area contributed by atoms with Gasteiger partial charge in [-0.1, -0.05) is 28.1 Å². The molecule has 0 bridgehead atoms. The second-order valence-electron chi connectivity index (χ2n) is 3.26. The molecule has 0 saturated carbocycles. The minimum atomic E-state index is -0.397. The van der Waals surface area contributed by atoms with Crippen LogP contribution >= 0.6 is 15.9 Å². The van der Waals surface area contributed by atoms with E-state index in [9.17, 15) is 4.79 Å². The average Bonchev–Trinajstić information content (AvgIpc) is 2.27. The number of nitrogens with zero attached hydrogens (tertiary/aromatic N) is 1. The maximum atomic E-state index is 11.1. The number of benzene rings is 1. The van der Waals surface area contributed by atoms with Gasteiger partial charge in [-0.3, -0.25) is 4.99 Å². The van der Waals surface area contributed by atoms with Crippen molar-refractivity contribution in [1.82, 2.24) is 0 Å². The first-order valence-electron chi connectivity index (χ1n) is 5.09. The Labute approximate surface area is 104 Å². The van der Waals surface area contributed by atoms with Gasteiger partial charge in [0.25, 0.3) is 0 Å². The highest BCUT2D eigenvalue weighted by atomic mass is 79.9. The average molecular weight is 284 g/mol. The summed E-state index contributed by atoms with van der Waals surface area (Å²) >= 11 is 3.36. The standard InChI is InChI=1S/C12H14BrNO2/c1-3-16-12(15)8-14-9(2)10-4-6-11(13)7-5-10/h4-9H,3H2,1-2H3. The molecule has 0 spiro atoms. The van der Waals surface area contributed by atoms with Gasteiger partial charge in [0.2, 0.25) is 0 Å². The molecule has 0 saturated heterocycles. The summed E-state index contributed by atoms with van der Waals surface area (Å²) in [5.74, 6) is -0.397. The van der Waals surface area contributed by atoms with Crippen molar-refractivity contribution in [2.75, 3.05) is 6.61 Å². The Kier molecular flexibility index (Phi) is 5.19. The van der Waals surface area contributed by atoms with Crippen LogP contribution in [0.1, 0.15) is 25.5 Å². The van der Waals surface area contributed by atoms with Gasteiger partial charge in [0.1, 0.15) is 6.21 Å². The predicted molar refractivity (Wildman–Crippen MR) is 67.7 cm³/mol. The highest BCUT2D eigenvalue weighted by molar-refractivity contribution is 9.10. The topological polar surface area (TPSA) is 38.7 Å². The number of halogens is 1. The van der Waals surface area contributed by atoms with Crippen LogP contribution in [-0.4, -0.2) is 18.8 Å². The van der Waals surface area contributed by atoms with Crippen LogP contribution in [0.2, 0.25) is 0 Å². The summed E-state index contributed by atoms with van der Waals surface area (Å²) in [6, 6.07) is 7.80. The molecule has 1 aromatic rings. The zero-order valence-electron chi connectivity index (χ0n) is 9.31. The van der Waals surface area contributed by atoms with Crippen LogP contribution in [0.25, 0.3) is 0 Å². The minimum absolute atomic E-state index is 0.0440. The summed E-state index contributed by atoms with van der Waals surface area (Å²) < 4.78 is 5.78. The highest BCUT2D eigenvalue weighted by Crippen LogP contribution is 2.18. The van der Waals surface area contributed by atoms with Crippen molar-refractivity contribution < 1.29 is 9.53 Å². The Morgan fingerprint density at radius 1 is 1.50 bits per heavy atom. The molecule has 0 aromatic heterocycles. The van der Waals surface area contributed by atoms with Crippen molar-refractivity contribution >= 4 is 28.1 Å². The summed E-state index contributed by atoms with van der Waals surface area (Å²) in [5.41, 5.74) is 1.06. The third kappa shape index (κ3) is 4.14. The number of carbonyl (C=O) groups excluding carboxylic acids is 1. The number of esters is 1. The van der Waals surface area contributed by atoms with Crippen LogP contribution in [0.15, 0.2) is 33.7 Å². The third-order valence-corrected chi connectivity index (χ3v) is 2.57. The van der Waals surface area contributed by atoms with E-state index in [4.69, 9.17) is 4.74 Å². The van der Waals surface area contributed by atoms with Crippen molar-refractivity contribution in [2.45, 2.75) is 19.9 Å². The molecule has 4 heteroatoms. The molecule has 0 aliphatic rings. The summed E-state index contributed by atoms with van der Waals surface area (Å²) in [6.45, 7) is 4.07. The van der Waals surface area contributed by atoms with Crippen molar-refractivity contribution in [2.24, 2.45) is 4.99 Å². The number of ether oxygens (including phenoxy) is 1. The fraction of sp³-hybridized carbons (Fsp3) is 0.333.